The summed E-state index contributed by atoms with van der Waals surface area (Å²) in [6.07, 6.45) is 4.17. The smallest absolute Gasteiger partial charge is 0.0653 e. The van der Waals surface area contributed by atoms with Crippen LogP contribution in [0, 0.1) is 5.92 Å². The minimum Gasteiger partial charge on any atom is -0.395 e. The second-order valence-electron chi connectivity index (χ2n) is 5.73. The fraction of sp³-hybridized carbons (Fsp3) is 0.533. The summed E-state index contributed by atoms with van der Waals surface area (Å²) >= 11 is 0. The third-order valence-electron chi connectivity index (χ3n) is 4.20. The molecule has 1 fully saturated rings. The van der Waals surface area contributed by atoms with Crippen molar-refractivity contribution in [2.24, 2.45) is 5.92 Å². The summed E-state index contributed by atoms with van der Waals surface area (Å²) in [5.41, 5.74) is 2.37. The first-order chi connectivity index (χ1) is 9.26. The first-order valence-electron chi connectivity index (χ1n) is 7.03. The second-order valence-corrected chi connectivity index (χ2v) is 5.73. The summed E-state index contributed by atoms with van der Waals surface area (Å²) in [5.74, 6) is 0.725. The highest BCUT2D eigenvalue weighted by atomic mass is 16.3. The molecule has 4 nitrogen and oxygen atoms in total. The van der Waals surface area contributed by atoms with E-state index in [-0.39, 0.29) is 6.61 Å². The van der Waals surface area contributed by atoms with Crippen molar-refractivity contribution in [2.45, 2.75) is 32.4 Å². The number of rotatable bonds is 3. The zero-order valence-electron chi connectivity index (χ0n) is 11.3. The molecule has 0 amide bonds. The fourth-order valence-electron chi connectivity index (χ4n) is 3.02. The van der Waals surface area contributed by atoms with Gasteiger partial charge in [0.25, 0.3) is 0 Å². The lowest BCUT2D eigenvalue weighted by atomic mass is 9.92. The Bertz CT molecular complexity index is 551. The van der Waals surface area contributed by atoms with E-state index in [1.54, 1.807) is 0 Å². The normalized spacial score (nSPS) is 24.9. The SMILES string of the molecule is C[C@@H]1CCN(Cc2ccc3cn[nH]c3c2)[C@H](CO)C1. The maximum Gasteiger partial charge on any atom is 0.0653 e. The number of aliphatic hydroxyl groups is 1. The number of aromatic amines is 1. The molecule has 1 aliphatic rings. The molecule has 2 atom stereocenters. The number of aliphatic hydroxyl groups excluding tert-OH is 1. The van der Waals surface area contributed by atoms with Gasteiger partial charge >= 0.3 is 0 Å². The van der Waals surface area contributed by atoms with Crippen LogP contribution in [0.1, 0.15) is 25.3 Å². The maximum absolute atomic E-state index is 9.54. The average Bonchev–Trinajstić information content (AvgIpc) is 2.88. The van der Waals surface area contributed by atoms with Crippen LogP contribution in [0.25, 0.3) is 10.9 Å². The van der Waals surface area contributed by atoms with Crippen LogP contribution in [0.15, 0.2) is 24.4 Å². The van der Waals surface area contributed by atoms with Crippen LogP contribution in [0.3, 0.4) is 0 Å². The first-order valence-corrected chi connectivity index (χ1v) is 7.03. The number of aromatic nitrogens is 2. The lowest BCUT2D eigenvalue weighted by molar-refractivity contribution is 0.0634. The van der Waals surface area contributed by atoms with Crippen molar-refractivity contribution in [1.82, 2.24) is 15.1 Å². The Morgan fingerprint density at radius 3 is 3.21 bits per heavy atom. The number of fused-ring (bicyclic) bond motifs is 1. The zero-order valence-corrected chi connectivity index (χ0v) is 11.3. The molecule has 2 heterocycles. The molecule has 1 saturated heterocycles. The third-order valence-corrected chi connectivity index (χ3v) is 4.20. The topological polar surface area (TPSA) is 52.2 Å². The van der Waals surface area contributed by atoms with Crippen LogP contribution in [-0.2, 0) is 6.54 Å². The fourth-order valence-corrected chi connectivity index (χ4v) is 3.02. The molecule has 1 aliphatic heterocycles. The van der Waals surface area contributed by atoms with Gasteiger partial charge in [0.1, 0.15) is 0 Å². The Hall–Kier alpha value is -1.39. The van der Waals surface area contributed by atoms with Crippen LogP contribution < -0.4 is 0 Å². The van der Waals surface area contributed by atoms with Crippen molar-refractivity contribution in [2.75, 3.05) is 13.2 Å². The van der Waals surface area contributed by atoms with Crippen LogP contribution in [0.2, 0.25) is 0 Å². The highest BCUT2D eigenvalue weighted by Crippen LogP contribution is 2.24. The molecular formula is C15H21N3O. The summed E-state index contributed by atoms with van der Waals surface area (Å²) < 4.78 is 0. The lowest BCUT2D eigenvalue weighted by Gasteiger charge is -2.37. The monoisotopic (exact) mass is 259 g/mol. The number of nitrogens with one attached hydrogen (secondary N) is 1. The third kappa shape index (κ3) is 2.65. The van der Waals surface area contributed by atoms with E-state index < -0.39 is 0 Å². The van der Waals surface area contributed by atoms with Crippen molar-refractivity contribution >= 4 is 10.9 Å². The van der Waals surface area contributed by atoms with Gasteiger partial charge in [0.15, 0.2) is 0 Å². The minimum atomic E-state index is 0.261. The molecule has 0 aliphatic carbocycles. The van der Waals surface area contributed by atoms with E-state index >= 15 is 0 Å². The summed E-state index contributed by atoms with van der Waals surface area (Å²) in [4.78, 5) is 2.40. The van der Waals surface area contributed by atoms with Crippen LogP contribution in [0.5, 0.6) is 0 Å². The van der Waals surface area contributed by atoms with Crippen LogP contribution >= 0.6 is 0 Å². The summed E-state index contributed by atoms with van der Waals surface area (Å²) in [7, 11) is 0. The highest BCUT2D eigenvalue weighted by molar-refractivity contribution is 5.78. The van der Waals surface area contributed by atoms with E-state index in [1.807, 2.05) is 6.20 Å². The van der Waals surface area contributed by atoms with Crippen LogP contribution in [-0.4, -0.2) is 39.4 Å². The second kappa shape index (κ2) is 5.31. The first kappa shape index (κ1) is 12.6. The molecule has 4 heteroatoms. The minimum absolute atomic E-state index is 0.261. The largest absolute Gasteiger partial charge is 0.395 e. The van der Waals surface area contributed by atoms with Gasteiger partial charge in [-0.3, -0.25) is 10.00 Å². The number of benzene rings is 1. The molecular weight excluding hydrogens is 238 g/mol. The van der Waals surface area contributed by atoms with E-state index in [9.17, 15) is 5.11 Å². The van der Waals surface area contributed by atoms with E-state index in [0.717, 1.165) is 36.3 Å². The quantitative estimate of drug-likeness (QED) is 0.888. The Morgan fingerprint density at radius 1 is 1.47 bits per heavy atom. The van der Waals surface area contributed by atoms with E-state index in [4.69, 9.17) is 0 Å². The molecule has 0 unspecified atom stereocenters. The van der Waals surface area contributed by atoms with Gasteiger partial charge in [-0.25, -0.2) is 0 Å². The van der Waals surface area contributed by atoms with Crippen molar-refractivity contribution in [3.63, 3.8) is 0 Å². The zero-order chi connectivity index (χ0) is 13.2. The summed E-state index contributed by atoms with van der Waals surface area (Å²) in [6.45, 7) is 4.52. The van der Waals surface area contributed by atoms with Gasteiger partial charge in [-0.1, -0.05) is 19.1 Å². The Balaban J connectivity index is 1.75. The molecule has 2 aromatic rings. The molecule has 3 rings (SSSR count). The predicted octanol–water partition coefficient (Wildman–Crippen LogP) is 2.16. The van der Waals surface area contributed by atoms with E-state index in [1.165, 1.54) is 12.0 Å². The number of piperidine rings is 1. The molecule has 1 aromatic heterocycles. The number of hydrogen-bond acceptors (Lipinski definition) is 3. The van der Waals surface area contributed by atoms with Crippen molar-refractivity contribution in [1.29, 1.82) is 0 Å². The molecule has 0 spiro atoms. The van der Waals surface area contributed by atoms with E-state index in [0.29, 0.717) is 6.04 Å². The predicted molar refractivity (Wildman–Crippen MR) is 75.8 cm³/mol. The molecule has 102 valence electrons. The van der Waals surface area contributed by atoms with Gasteiger partial charge < -0.3 is 5.11 Å². The average molecular weight is 259 g/mol. The van der Waals surface area contributed by atoms with Crippen molar-refractivity contribution in [3.8, 4) is 0 Å². The van der Waals surface area contributed by atoms with Crippen molar-refractivity contribution in [3.05, 3.63) is 30.0 Å². The lowest BCUT2D eigenvalue weighted by Crippen LogP contribution is -2.43. The van der Waals surface area contributed by atoms with Crippen molar-refractivity contribution < 1.29 is 5.11 Å². The van der Waals surface area contributed by atoms with Gasteiger partial charge in [0, 0.05) is 18.0 Å². The maximum atomic E-state index is 9.54. The highest BCUT2D eigenvalue weighted by Gasteiger charge is 2.25. The molecule has 19 heavy (non-hydrogen) atoms. The number of nitrogens with zero attached hydrogens (tertiary/aromatic N) is 2. The van der Waals surface area contributed by atoms with Gasteiger partial charge in [-0.2, -0.15) is 5.10 Å². The number of H-pyrrole nitrogens is 1. The molecule has 0 saturated carbocycles. The standard InChI is InChI=1S/C15H21N3O/c1-11-4-5-18(14(6-11)10-19)9-12-2-3-13-8-16-17-15(13)7-12/h2-3,7-8,11,14,19H,4-6,9-10H2,1H3,(H,16,17)/t11-,14+/m1/s1. The van der Waals surface area contributed by atoms with Gasteiger partial charge in [0.05, 0.1) is 18.3 Å². The number of likely N-dealkylation sites (tertiary alicyclic amines) is 1. The van der Waals surface area contributed by atoms with Gasteiger partial charge in [-0.15, -0.1) is 0 Å². The molecule has 2 N–H and O–H groups in total. The Labute approximate surface area is 113 Å². The summed E-state index contributed by atoms with van der Waals surface area (Å²) in [5, 5.41) is 17.7. The Kier molecular flexibility index (Phi) is 3.53. The molecule has 1 aromatic carbocycles. The van der Waals surface area contributed by atoms with E-state index in [2.05, 4.69) is 40.2 Å². The summed E-state index contributed by atoms with van der Waals surface area (Å²) in [6, 6.07) is 6.73. The molecule has 0 radical (unpaired) electrons. The number of hydrogen-bond donors (Lipinski definition) is 2. The van der Waals surface area contributed by atoms with Crippen LogP contribution in [0.4, 0.5) is 0 Å². The van der Waals surface area contributed by atoms with Gasteiger partial charge in [0.2, 0.25) is 0 Å². The molecule has 0 bridgehead atoms. The Morgan fingerprint density at radius 2 is 2.37 bits per heavy atom. The van der Waals surface area contributed by atoms with Gasteiger partial charge in [-0.05, 0) is 36.9 Å².